The molecule has 1 aliphatic rings. The highest BCUT2D eigenvalue weighted by molar-refractivity contribution is 7.99. The molecule has 0 saturated carbocycles. The van der Waals surface area contributed by atoms with Crippen LogP contribution >= 0.6 is 11.8 Å². The number of carbonyl (C=O) groups excluding carboxylic acids is 1. The van der Waals surface area contributed by atoms with Gasteiger partial charge in [-0.15, -0.1) is 11.8 Å². The van der Waals surface area contributed by atoms with Gasteiger partial charge in [0.1, 0.15) is 11.8 Å². The van der Waals surface area contributed by atoms with Crippen molar-refractivity contribution in [2.75, 3.05) is 19.5 Å². The number of esters is 1. The van der Waals surface area contributed by atoms with Gasteiger partial charge in [-0.3, -0.25) is 10.1 Å². The first-order valence-corrected chi connectivity index (χ1v) is 6.98. The summed E-state index contributed by atoms with van der Waals surface area (Å²) in [4.78, 5) is 11.6. The van der Waals surface area contributed by atoms with Crippen LogP contribution in [0.3, 0.4) is 0 Å². The molecule has 18 heavy (non-hydrogen) atoms. The smallest absolute Gasteiger partial charge is 0.324 e. The number of thioether (sulfide) groups is 1. The summed E-state index contributed by atoms with van der Waals surface area (Å²) in [5.74, 6) is 1.39. The summed E-state index contributed by atoms with van der Waals surface area (Å²) in [6.07, 6.45) is 0. The van der Waals surface area contributed by atoms with Crippen molar-refractivity contribution in [1.29, 1.82) is 0 Å². The lowest BCUT2D eigenvalue weighted by atomic mass is 10.2. The minimum absolute atomic E-state index is 0.0792. The zero-order valence-corrected chi connectivity index (χ0v) is 11.3. The van der Waals surface area contributed by atoms with Crippen LogP contribution in [0.2, 0.25) is 0 Å². The van der Waals surface area contributed by atoms with Crippen molar-refractivity contribution in [2.45, 2.75) is 18.3 Å². The average molecular weight is 267 g/mol. The molecule has 0 spiro atoms. The maximum atomic E-state index is 11.6. The zero-order valence-electron chi connectivity index (χ0n) is 10.5. The summed E-state index contributed by atoms with van der Waals surface area (Å²) in [5, 5.41) is 3.35. The molecule has 1 saturated heterocycles. The minimum atomic E-state index is -0.232. The molecule has 0 amide bonds. The van der Waals surface area contributed by atoms with Crippen molar-refractivity contribution >= 4 is 17.7 Å². The topological polar surface area (TPSA) is 47.6 Å². The number of hydrogen-bond donors (Lipinski definition) is 1. The van der Waals surface area contributed by atoms with Crippen molar-refractivity contribution in [3.8, 4) is 5.75 Å². The minimum Gasteiger partial charge on any atom is -0.496 e. The summed E-state index contributed by atoms with van der Waals surface area (Å²) in [5.41, 5.74) is 1.07. The third kappa shape index (κ3) is 2.79. The Morgan fingerprint density at radius 1 is 1.50 bits per heavy atom. The fourth-order valence-corrected chi connectivity index (χ4v) is 3.16. The number of carbonyl (C=O) groups is 1. The molecule has 1 aromatic rings. The number of rotatable bonds is 4. The van der Waals surface area contributed by atoms with E-state index in [0.29, 0.717) is 6.61 Å². The SMILES string of the molecule is CCOC(=O)[C@@H]1CS[C@@H](c2ccccc2OC)N1. The molecule has 4 nitrogen and oxygen atoms in total. The second kappa shape index (κ2) is 6.11. The van der Waals surface area contributed by atoms with Gasteiger partial charge in [-0.05, 0) is 13.0 Å². The Bertz CT molecular complexity index is 424. The predicted molar refractivity (Wildman–Crippen MR) is 71.7 cm³/mol. The van der Waals surface area contributed by atoms with Crippen LogP contribution in [0, 0.1) is 0 Å². The van der Waals surface area contributed by atoms with E-state index in [0.717, 1.165) is 17.1 Å². The maximum absolute atomic E-state index is 11.6. The summed E-state index contributed by atoms with van der Waals surface area (Å²) < 4.78 is 10.4. The fraction of sp³-hybridized carbons (Fsp3) is 0.462. The lowest BCUT2D eigenvalue weighted by Crippen LogP contribution is -2.35. The van der Waals surface area contributed by atoms with Crippen LogP contribution < -0.4 is 10.1 Å². The number of benzene rings is 1. The third-order valence-corrected chi connectivity index (χ3v) is 4.02. The highest BCUT2D eigenvalue weighted by atomic mass is 32.2. The molecule has 0 radical (unpaired) electrons. The van der Waals surface area contributed by atoms with Gasteiger partial charge in [-0.1, -0.05) is 18.2 Å². The quantitative estimate of drug-likeness (QED) is 0.845. The van der Waals surface area contributed by atoms with Crippen LogP contribution in [-0.2, 0) is 9.53 Å². The van der Waals surface area contributed by atoms with Crippen LogP contribution in [0.5, 0.6) is 5.75 Å². The monoisotopic (exact) mass is 267 g/mol. The van der Waals surface area contributed by atoms with E-state index in [1.165, 1.54) is 0 Å². The predicted octanol–water partition coefficient (Wildman–Crippen LogP) is 1.96. The van der Waals surface area contributed by atoms with E-state index < -0.39 is 0 Å². The molecule has 1 N–H and O–H groups in total. The molecule has 0 aliphatic carbocycles. The molecule has 1 aliphatic heterocycles. The number of nitrogens with one attached hydrogen (secondary N) is 1. The highest BCUT2D eigenvalue weighted by Gasteiger charge is 2.32. The largest absolute Gasteiger partial charge is 0.496 e. The lowest BCUT2D eigenvalue weighted by Gasteiger charge is -2.15. The Kier molecular flexibility index (Phi) is 4.49. The molecule has 1 fully saturated rings. The number of hydrogen-bond acceptors (Lipinski definition) is 5. The first-order valence-electron chi connectivity index (χ1n) is 5.93. The normalized spacial score (nSPS) is 22.8. The summed E-state index contributed by atoms with van der Waals surface area (Å²) in [7, 11) is 1.65. The maximum Gasteiger partial charge on any atom is 0.324 e. The second-order valence-electron chi connectivity index (χ2n) is 3.93. The van der Waals surface area contributed by atoms with Gasteiger partial charge in [0, 0.05) is 11.3 Å². The van der Waals surface area contributed by atoms with Gasteiger partial charge in [-0.25, -0.2) is 0 Å². The zero-order chi connectivity index (χ0) is 13.0. The number of ether oxygens (including phenoxy) is 2. The van der Waals surface area contributed by atoms with E-state index >= 15 is 0 Å². The summed E-state index contributed by atoms with van der Waals surface area (Å²) in [6, 6.07) is 7.61. The summed E-state index contributed by atoms with van der Waals surface area (Å²) >= 11 is 1.70. The van der Waals surface area contributed by atoms with E-state index in [1.807, 2.05) is 31.2 Å². The van der Waals surface area contributed by atoms with Crippen molar-refractivity contribution in [2.24, 2.45) is 0 Å². The Morgan fingerprint density at radius 3 is 3.00 bits per heavy atom. The molecular weight excluding hydrogens is 250 g/mol. The van der Waals surface area contributed by atoms with Crippen molar-refractivity contribution in [3.05, 3.63) is 29.8 Å². The Hall–Kier alpha value is -1.20. The second-order valence-corrected chi connectivity index (χ2v) is 5.06. The van der Waals surface area contributed by atoms with Crippen LogP contribution in [0.4, 0.5) is 0 Å². The molecule has 1 aromatic carbocycles. The van der Waals surface area contributed by atoms with Gasteiger partial charge in [0.2, 0.25) is 0 Å². The Morgan fingerprint density at radius 2 is 2.28 bits per heavy atom. The highest BCUT2D eigenvalue weighted by Crippen LogP contribution is 2.37. The van der Waals surface area contributed by atoms with E-state index in [9.17, 15) is 4.79 Å². The van der Waals surface area contributed by atoms with Gasteiger partial charge in [0.25, 0.3) is 0 Å². The number of para-hydroxylation sites is 1. The van der Waals surface area contributed by atoms with E-state index in [1.54, 1.807) is 18.9 Å². The van der Waals surface area contributed by atoms with Crippen molar-refractivity contribution < 1.29 is 14.3 Å². The Labute approximate surface area is 111 Å². The third-order valence-electron chi connectivity index (χ3n) is 2.77. The molecule has 2 atom stereocenters. The van der Waals surface area contributed by atoms with Crippen LogP contribution in [0.15, 0.2) is 24.3 Å². The van der Waals surface area contributed by atoms with Gasteiger partial charge < -0.3 is 9.47 Å². The lowest BCUT2D eigenvalue weighted by molar-refractivity contribution is -0.144. The molecule has 0 unspecified atom stereocenters. The van der Waals surface area contributed by atoms with Gasteiger partial charge >= 0.3 is 5.97 Å². The molecule has 5 heteroatoms. The first-order chi connectivity index (χ1) is 8.76. The first kappa shape index (κ1) is 13.2. The standard InChI is InChI=1S/C13H17NO3S/c1-3-17-13(15)10-8-18-12(14-10)9-6-4-5-7-11(9)16-2/h4-7,10,12,14H,3,8H2,1-2H3/t10-,12-/m0/s1. The van der Waals surface area contributed by atoms with Crippen molar-refractivity contribution in [1.82, 2.24) is 5.32 Å². The van der Waals surface area contributed by atoms with Crippen molar-refractivity contribution in [3.63, 3.8) is 0 Å². The van der Waals surface area contributed by atoms with E-state index in [2.05, 4.69) is 5.32 Å². The van der Waals surface area contributed by atoms with E-state index in [-0.39, 0.29) is 17.4 Å². The summed E-state index contributed by atoms with van der Waals surface area (Å²) in [6.45, 7) is 2.23. The molecule has 0 bridgehead atoms. The van der Waals surface area contributed by atoms with Crippen LogP contribution in [0.1, 0.15) is 17.9 Å². The average Bonchev–Trinajstić information content (AvgIpc) is 2.88. The molecule has 1 heterocycles. The van der Waals surface area contributed by atoms with Gasteiger partial charge in [0.05, 0.1) is 19.1 Å². The Balaban J connectivity index is 2.06. The molecule has 0 aromatic heterocycles. The fourth-order valence-electron chi connectivity index (χ4n) is 1.91. The van der Waals surface area contributed by atoms with Gasteiger partial charge in [0.15, 0.2) is 0 Å². The molecular formula is C13H17NO3S. The molecule has 2 rings (SSSR count). The number of methoxy groups -OCH3 is 1. The van der Waals surface area contributed by atoms with Crippen LogP contribution in [0.25, 0.3) is 0 Å². The molecule has 98 valence electrons. The van der Waals surface area contributed by atoms with Crippen LogP contribution in [-0.4, -0.2) is 31.5 Å². The van der Waals surface area contributed by atoms with E-state index in [4.69, 9.17) is 9.47 Å². The van der Waals surface area contributed by atoms with Gasteiger partial charge in [-0.2, -0.15) is 0 Å².